The number of carbonyl (C=O) groups is 2. The quantitative estimate of drug-likeness (QED) is 0.810. The largest absolute Gasteiger partial charge is 0.340 e. The van der Waals surface area contributed by atoms with Crippen LogP contribution in [0, 0.1) is 0 Å². The summed E-state index contributed by atoms with van der Waals surface area (Å²) in [5.41, 5.74) is 1.74. The lowest BCUT2D eigenvalue weighted by Gasteiger charge is -2.27. The van der Waals surface area contributed by atoms with Crippen LogP contribution in [0.25, 0.3) is 0 Å². The SMILES string of the molecule is C[C@@H](C(=O)N(C)Cc1ccccc1)N(C)CC(=O)Nc1ccc(Cl)cc1. The van der Waals surface area contributed by atoms with Gasteiger partial charge in [-0.1, -0.05) is 41.9 Å². The number of halogens is 1. The van der Waals surface area contributed by atoms with Crippen molar-refractivity contribution in [1.29, 1.82) is 0 Å². The number of hydrogen-bond acceptors (Lipinski definition) is 3. The lowest BCUT2D eigenvalue weighted by atomic mass is 10.2. The van der Waals surface area contributed by atoms with Gasteiger partial charge in [-0.2, -0.15) is 0 Å². The van der Waals surface area contributed by atoms with Crippen LogP contribution in [0.4, 0.5) is 5.69 Å². The molecule has 6 heteroatoms. The molecule has 0 aliphatic rings. The average molecular weight is 374 g/mol. The summed E-state index contributed by atoms with van der Waals surface area (Å²) < 4.78 is 0. The maximum Gasteiger partial charge on any atom is 0.239 e. The summed E-state index contributed by atoms with van der Waals surface area (Å²) in [6.45, 7) is 2.46. The summed E-state index contributed by atoms with van der Waals surface area (Å²) in [5.74, 6) is -0.212. The number of benzene rings is 2. The summed E-state index contributed by atoms with van der Waals surface area (Å²) in [7, 11) is 3.54. The number of nitrogens with one attached hydrogen (secondary N) is 1. The lowest BCUT2D eigenvalue weighted by Crippen LogP contribution is -2.46. The Morgan fingerprint density at radius 2 is 1.65 bits per heavy atom. The van der Waals surface area contributed by atoms with Crippen molar-refractivity contribution in [3.63, 3.8) is 0 Å². The zero-order valence-electron chi connectivity index (χ0n) is 15.3. The van der Waals surface area contributed by atoms with E-state index in [4.69, 9.17) is 11.6 Å². The molecule has 0 heterocycles. The third-order valence-corrected chi connectivity index (χ3v) is 4.43. The van der Waals surface area contributed by atoms with Gasteiger partial charge in [0.25, 0.3) is 0 Å². The van der Waals surface area contributed by atoms with E-state index in [2.05, 4.69) is 5.32 Å². The van der Waals surface area contributed by atoms with Crippen molar-refractivity contribution in [2.45, 2.75) is 19.5 Å². The first-order valence-corrected chi connectivity index (χ1v) is 8.79. The second-order valence-corrected chi connectivity index (χ2v) is 6.76. The normalized spacial score (nSPS) is 11.9. The predicted octanol–water partition coefficient (Wildman–Crippen LogP) is 3.26. The van der Waals surface area contributed by atoms with Crippen molar-refractivity contribution in [2.75, 3.05) is 26.0 Å². The minimum absolute atomic E-state index is 0.0318. The zero-order valence-corrected chi connectivity index (χ0v) is 16.0. The topological polar surface area (TPSA) is 52.7 Å². The molecule has 0 unspecified atom stereocenters. The maximum absolute atomic E-state index is 12.6. The smallest absolute Gasteiger partial charge is 0.239 e. The summed E-state index contributed by atoms with van der Waals surface area (Å²) in [6.07, 6.45) is 0. The Hall–Kier alpha value is -2.37. The molecule has 0 aliphatic heterocycles. The molecule has 0 bridgehead atoms. The van der Waals surface area contributed by atoms with Crippen molar-refractivity contribution >= 4 is 29.1 Å². The number of hydrogen-bond donors (Lipinski definition) is 1. The molecule has 1 N–H and O–H groups in total. The van der Waals surface area contributed by atoms with E-state index in [1.807, 2.05) is 30.3 Å². The van der Waals surface area contributed by atoms with Crippen LogP contribution in [0.2, 0.25) is 5.02 Å². The van der Waals surface area contributed by atoms with Gasteiger partial charge >= 0.3 is 0 Å². The van der Waals surface area contributed by atoms with E-state index in [1.165, 1.54) is 0 Å². The van der Waals surface area contributed by atoms with Gasteiger partial charge in [0.1, 0.15) is 0 Å². The molecule has 26 heavy (non-hydrogen) atoms. The third kappa shape index (κ3) is 5.86. The van der Waals surface area contributed by atoms with Crippen molar-refractivity contribution in [3.05, 3.63) is 65.2 Å². The highest BCUT2D eigenvalue weighted by molar-refractivity contribution is 6.30. The molecule has 5 nitrogen and oxygen atoms in total. The molecule has 2 aromatic rings. The van der Waals surface area contributed by atoms with Crippen molar-refractivity contribution in [1.82, 2.24) is 9.80 Å². The van der Waals surface area contributed by atoms with Crippen LogP contribution in [0.3, 0.4) is 0 Å². The molecule has 138 valence electrons. The molecule has 1 atom stereocenters. The van der Waals surface area contributed by atoms with Gasteiger partial charge in [-0.3, -0.25) is 14.5 Å². The highest BCUT2D eigenvalue weighted by atomic mass is 35.5. The molecule has 0 fully saturated rings. The number of amides is 2. The van der Waals surface area contributed by atoms with E-state index in [-0.39, 0.29) is 18.4 Å². The fourth-order valence-electron chi connectivity index (χ4n) is 2.54. The summed E-state index contributed by atoms with van der Waals surface area (Å²) in [5, 5.41) is 3.41. The standard InChI is InChI=1S/C20H24ClN3O2/c1-15(20(26)24(3)13-16-7-5-4-6-8-16)23(2)14-19(25)22-18-11-9-17(21)10-12-18/h4-12,15H,13-14H2,1-3H3,(H,22,25)/t15-/m0/s1. The van der Waals surface area contributed by atoms with E-state index >= 15 is 0 Å². The molecule has 2 aromatic carbocycles. The minimum atomic E-state index is -0.403. The molecule has 0 aliphatic carbocycles. The van der Waals surface area contributed by atoms with Crippen LogP contribution in [-0.4, -0.2) is 48.3 Å². The number of carbonyl (C=O) groups excluding carboxylic acids is 2. The first-order chi connectivity index (χ1) is 12.4. The number of nitrogens with zero attached hydrogens (tertiary/aromatic N) is 2. The van der Waals surface area contributed by atoms with Gasteiger partial charge in [0.15, 0.2) is 0 Å². The molecule has 0 aromatic heterocycles. The van der Waals surface area contributed by atoms with Crippen LogP contribution in [0.15, 0.2) is 54.6 Å². The molecule has 0 saturated heterocycles. The number of rotatable bonds is 7. The zero-order chi connectivity index (χ0) is 19.1. The summed E-state index contributed by atoms with van der Waals surface area (Å²) in [6, 6.07) is 16.3. The maximum atomic E-state index is 12.6. The van der Waals surface area contributed by atoms with Crippen LogP contribution >= 0.6 is 11.6 Å². The summed E-state index contributed by atoms with van der Waals surface area (Å²) >= 11 is 5.83. The molecular weight excluding hydrogens is 350 g/mol. The van der Waals surface area contributed by atoms with Gasteiger partial charge in [0.05, 0.1) is 12.6 Å². The Balaban J connectivity index is 1.86. The predicted molar refractivity (Wildman–Crippen MR) is 105 cm³/mol. The van der Waals surface area contributed by atoms with Crippen LogP contribution < -0.4 is 5.32 Å². The highest BCUT2D eigenvalue weighted by Crippen LogP contribution is 2.13. The number of likely N-dealkylation sites (N-methyl/N-ethyl adjacent to an activating group) is 2. The van der Waals surface area contributed by atoms with Gasteiger partial charge in [0.2, 0.25) is 11.8 Å². The van der Waals surface area contributed by atoms with Crippen molar-refractivity contribution in [2.24, 2.45) is 0 Å². The Morgan fingerprint density at radius 1 is 1.04 bits per heavy atom. The minimum Gasteiger partial charge on any atom is -0.340 e. The molecule has 0 saturated carbocycles. The molecule has 0 radical (unpaired) electrons. The number of anilines is 1. The Labute approximate surface area is 159 Å². The molecule has 2 amide bonds. The summed E-state index contributed by atoms with van der Waals surface area (Å²) in [4.78, 5) is 28.2. The van der Waals surface area contributed by atoms with Crippen LogP contribution in [0.1, 0.15) is 12.5 Å². The Morgan fingerprint density at radius 3 is 2.27 bits per heavy atom. The fraction of sp³-hybridized carbons (Fsp3) is 0.300. The van der Waals surface area contributed by atoms with E-state index in [9.17, 15) is 9.59 Å². The molecular formula is C20H24ClN3O2. The van der Waals surface area contributed by atoms with Gasteiger partial charge in [-0.25, -0.2) is 0 Å². The van der Waals surface area contributed by atoms with Crippen LogP contribution in [0.5, 0.6) is 0 Å². The third-order valence-electron chi connectivity index (χ3n) is 4.18. The highest BCUT2D eigenvalue weighted by Gasteiger charge is 2.23. The second-order valence-electron chi connectivity index (χ2n) is 6.33. The van der Waals surface area contributed by atoms with E-state index < -0.39 is 6.04 Å². The first-order valence-electron chi connectivity index (χ1n) is 8.41. The second kappa shape index (κ2) is 9.36. The van der Waals surface area contributed by atoms with Gasteiger partial charge in [-0.15, -0.1) is 0 Å². The first kappa shape index (κ1) is 19.9. The van der Waals surface area contributed by atoms with Gasteiger partial charge in [-0.05, 0) is 43.8 Å². The lowest BCUT2D eigenvalue weighted by molar-refractivity contribution is -0.135. The average Bonchev–Trinajstić information content (AvgIpc) is 2.63. The van der Waals surface area contributed by atoms with Gasteiger partial charge < -0.3 is 10.2 Å². The monoisotopic (exact) mass is 373 g/mol. The van der Waals surface area contributed by atoms with Crippen molar-refractivity contribution < 1.29 is 9.59 Å². The van der Waals surface area contributed by atoms with E-state index in [1.54, 1.807) is 55.1 Å². The van der Waals surface area contributed by atoms with E-state index in [0.29, 0.717) is 17.3 Å². The van der Waals surface area contributed by atoms with Gasteiger partial charge in [0, 0.05) is 24.3 Å². The fourth-order valence-corrected chi connectivity index (χ4v) is 2.67. The van der Waals surface area contributed by atoms with Crippen molar-refractivity contribution in [3.8, 4) is 0 Å². The van der Waals surface area contributed by atoms with Crippen LogP contribution in [-0.2, 0) is 16.1 Å². The molecule has 2 rings (SSSR count). The van der Waals surface area contributed by atoms with E-state index in [0.717, 1.165) is 5.56 Å². The Kier molecular flexibility index (Phi) is 7.18. The Bertz CT molecular complexity index is 734. The molecule has 0 spiro atoms.